The summed E-state index contributed by atoms with van der Waals surface area (Å²) in [5.74, 6) is -0.420. The number of nitrogens with one attached hydrogen (secondary N) is 2. The molecule has 4 rings (SSSR count). The average Bonchev–Trinajstić information content (AvgIpc) is 3.18. The largest absolute Gasteiger partial charge is 0.346 e. The van der Waals surface area contributed by atoms with E-state index in [0.717, 1.165) is 59.0 Å². The number of rotatable bonds is 7. The molecule has 3 aromatic rings. The second-order valence-corrected chi connectivity index (χ2v) is 9.77. The van der Waals surface area contributed by atoms with Gasteiger partial charge in [-0.2, -0.15) is 0 Å². The van der Waals surface area contributed by atoms with Crippen molar-refractivity contribution in [3.8, 4) is 5.69 Å². The Morgan fingerprint density at radius 2 is 1.73 bits per heavy atom. The molecule has 2 N–H and O–H groups in total. The molecule has 1 unspecified atom stereocenters. The van der Waals surface area contributed by atoms with Crippen molar-refractivity contribution >= 4 is 29.3 Å². The summed E-state index contributed by atoms with van der Waals surface area (Å²) in [6, 6.07) is 16.0. The molecule has 0 saturated heterocycles. The molecule has 1 aromatic heterocycles. The molecule has 1 atom stereocenters. The topological polar surface area (TPSA) is 76.0 Å². The molecular weight excluding hydrogens is 432 g/mol. The Balaban J connectivity index is 1.42. The van der Waals surface area contributed by atoms with Gasteiger partial charge in [0, 0.05) is 17.1 Å². The van der Waals surface area contributed by atoms with Crippen molar-refractivity contribution in [1.82, 2.24) is 14.9 Å². The van der Waals surface area contributed by atoms with Crippen molar-refractivity contribution in [2.24, 2.45) is 0 Å². The first kappa shape index (κ1) is 23.1. The van der Waals surface area contributed by atoms with Crippen LogP contribution in [0.15, 0.2) is 53.7 Å². The third-order valence-electron chi connectivity index (χ3n) is 5.94. The number of benzene rings is 2. The maximum absolute atomic E-state index is 12.8. The van der Waals surface area contributed by atoms with E-state index in [1.165, 1.54) is 17.5 Å². The highest BCUT2D eigenvalue weighted by Crippen LogP contribution is 2.32. The number of carbonyl (C=O) groups excluding carboxylic acids is 2. The fraction of sp³-hybridized carbons (Fsp3) is 0.346. The molecule has 7 heteroatoms. The van der Waals surface area contributed by atoms with E-state index >= 15 is 0 Å². The predicted molar refractivity (Wildman–Crippen MR) is 133 cm³/mol. The van der Waals surface area contributed by atoms with Crippen LogP contribution in [0.25, 0.3) is 5.69 Å². The first-order chi connectivity index (χ1) is 15.9. The van der Waals surface area contributed by atoms with Crippen LogP contribution in [0.4, 0.5) is 5.69 Å². The van der Waals surface area contributed by atoms with Gasteiger partial charge in [0.1, 0.15) is 0 Å². The lowest BCUT2D eigenvalue weighted by atomic mass is 10.0. The summed E-state index contributed by atoms with van der Waals surface area (Å²) in [5.41, 5.74) is 6.24. The summed E-state index contributed by atoms with van der Waals surface area (Å²) < 4.78 is 2.19. The molecule has 0 saturated carbocycles. The molecule has 2 aromatic carbocycles. The van der Waals surface area contributed by atoms with Crippen molar-refractivity contribution in [1.29, 1.82) is 0 Å². The minimum Gasteiger partial charge on any atom is -0.346 e. The molecular formula is C26H30N4O2S. The molecule has 0 fully saturated rings. The molecule has 33 heavy (non-hydrogen) atoms. The standard InChI is InChI=1S/C26H30N4O2S/c1-17-10-9-11-18(2)24(17)29-23(31)16-27-25(32)19(3)33-26-28-21-14-7-8-15-22(21)30(26)20-12-5-4-6-13-20/h4-6,9-13,19H,7-8,14-16H2,1-3H3,(H,27,32)(H,29,31). The first-order valence-electron chi connectivity index (χ1n) is 11.4. The lowest BCUT2D eigenvalue weighted by Crippen LogP contribution is -2.37. The van der Waals surface area contributed by atoms with Gasteiger partial charge in [-0.1, -0.05) is 48.2 Å². The van der Waals surface area contributed by atoms with E-state index in [9.17, 15) is 9.59 Å². The third-order valence-corrected chi connectivity index (χ3v) is 6.99. The maximum Gasteiger partial charge on any atom is 0.243 e. The van der Waals surface area contributed by atoms with Crippen molar-refractivity contribution in [2.45, 2.75) is 56.9 Å². The number of amides is 2. The monoisotopic (exact) mass is 462 g/mol. The molecule has 2 amide bonds. The van der Waals surface area contributed by atoms with E-state index in [-0.39, 0.29) is 23.6 Å². The lowest BCUT2D eigenvalue weighted by Gasteiger charge is -2.16. The van der Waals surface area contributed by atoms with Gasteiger partial charge in [0.25, 0.3) is 0 Å². The van der Waals surface area contributed by atoms with Gasteiger partial charge >= 0.3 is 0 Å². The van der Waals surface area contributed by atoms with Gasteiger partial charge < -0.3 is 10.6 Å². The highest BCUT2D eigenvalue weighted by atomic mass is 32.2. The number of thioether (sulfide) groups is 1. The van der Waals surface area contributed by atoms with Gasteiger partial charge in [0.2, 0.25) is 11.8 Å². The number of nitrogens with zero attached hydrogens (tertiary/aromatic N) is 2. The van der Waals surface area contributed by atoms with Gasteiger partial charge in [-0.3, -0.25) is 14.2 Å². The fourth-order valence-electron chi connectivity index (χ4n) is 4.16. The Morgan fingerprint density at radius 3 is 2.45 bits per heavy atom. The van der Waals surface area contributed by atoms with Crippen LogP contribution < -0.4 is 10.6 Å². The summed E-state index contributed by atoms with van der Waals surface area (Å²) in [5, 5.41) is 6.13. The Kier molecular flexibility index (Phi) is 7.18. The Morgan fingerprint density at radius 1 is 1.03 bits per heavy atom. The molecule has 6 nitrogen and oxygen atoms in total. The predicted octanol–water partition coefficient (Wildman–Crippen LogP) is 4.60. The SMILES string of the molecule is Cc1cccc(C)c1NC(=O)CNC(=O)C(C)Sc1nc2c(n1-c1ccccc1)CCCC2. The number of aryl methyl sites for hydroxylation is 3. The zero-order chi connectivity index (χ0) is 23.4. The molecule has 0 spiro atoms. The number of anilines is 1. The van der Waals surface area contributed by atoms with E-state index in [1.54, 1.807) is 0 Å². The number of fused-ring (bicyclic) bond motifs is 1. The molecule has 0 radical (unpaired) electrons. The summed E-state index contributed by atoms with van der Waals surface area (Å²) in [6.45, 7) is 5.69. The number of aromatic nitrogens is 2. The van der Waals surface area contributed by atoms with Crippen LogP contribution in [-0.4, -0.2) is 33.2 Å². The van der Waals surface area contributed by atoms with E-state index in [4.69, 9.17) is 4.98 Å². The zero-order valence-corrected chi connectivity index (χ0v) is 20.2. The van der Waals surface area contributed by atoms with E-state index in [2.05, 4.69) is 27.3 Å². The molecule has 172 valence electrons. The van der Waals surface area contributed by atoms with Gasteiger partial charge in [0.15, 0.2) is 5.16 Å². The fourth-order valence-corrected chi connectivity index (χ4v) is 5.15. The van der Waals surface area contributed by atoms with Crippen LogP contribution in [0.1, 0.15) is 42.3 Å². The molecule has 1 aliphatic rings. The van der Waals surface area contributed by atoms with Crippen LogP contribution in [0.5, 0.6) is 0 Å². The van der Waals surface area contributed by atoms with Crippen molar-refractivity contribution < 1.29 is 9.59 Å². The third kappa shape index (κ3) is 5.30. The minimum atomic E-state index is -0.385. The van der Waals surface area contributed by atoms with Crippen LogP contribution >= 0.6 is 11.8 Å². The Bertz CT molecular complexity index is 1140. The molecule has 1 aliphatic carbocycles. The Hall–Kier alpha value is -3.06. The number of hydrogen-bond acceptors (Lipinski definition) is 4. The van der Waals surface area contributed by atoms with Crippen LogP contribution in [0, 0.1) is 13.8 Å². The van der Waals surface area contributed by atoms with E-state index < -0.39 is 0 Å². The highest BCUT2D eigenvalue weighted by molar-refractivity contribution is 8.00. The van der Waals surface area contributed by atoms with E-state index in [1.807, 2.05) is 57.2 Å². The smallest absolute Gasteiger partial charge is 0.243 e. The Labute approximate surface area is 199 Å². The number of imidazole rings is 1. The molecule has 0 bridgehead atoms. The maximum atomic E-state index is 12.8. The minimum absolute atomic E-state index is 0.0683. The second kappa shape index (κ2) is 10.3. The van der Waals surface area contributed by atoms with Gasteiger partial charge in [-0.05, 0) is 69.7 Å². The van der Waals surface area contributed by atoms with Crippen molar-refractivity contribution in [2.75, 3.05) is 11.9 Å². The van der Waals surface area contributed by atoms with Crippen molar-refractivity contribution in [3.63, 3.8) is 0 Å². The van der Waals surface area contributed by atoms with Crippen LogP contribution in [0.2, 0.25) is 0 Å². The summed E-state index contributed by atoms with van der Waals surface area (Å²) >= 11 is 1.44. The zero-order valence-electron chi connectivity index (χ0n) is 19.4. The van der Waals surface area contributed by atoms with E-state index in [0.29, 0.717) is 0 Å². The average molecular weight is 463 g/mol. The van der Waals surface area contributed by atoms with Crippen LogP contribution in [0.3, 0.4) is 0 Å². The number of hydrogen-bond donors (Lipinski definition) is 2. The lowest BCUT2D eigenvalue weighted by molar-refractivity contribution is -0.123. The molecule has 0 aliphatic heterocycles. The van der Waals surface area contributed by atoms with Gasteiger partial charge in [-0.25, -0.2) is 4.98 Å². The van der Waals surface area contributed by atoms with Crippen LogP contribution in [-0.2, 0) is 22.4 Å². The van der Waals surface area contributed by atoms with Crippen molar-refractivity contribution in [3.05, 3.63) is 71.0 Å². The molecule has 1 heterocycles. The van der Waals surface area contributed by atoms with Gasteiger partial charge in [-0.15, -0.1) is 0 Å². The number of carbonyl (C=O) groups is 2. The second-order valence-electron chi connectivity index (χ2n) is 8.46. The summed E-state index contributed by atoms with van der Waals surface area (Å²) in [6.07, 6.45) is 4.27. The first-order valence-corrected chi connectivity index (χ1v) is 12.3. The highest BCUT2D eigenvalue weighted by Gasteiger charge is 2.25. The van der Waals surface area contributed by atoms with Gasteiger partial charge in [0.05, 0.1) is 17.5 Å². The quantitative estimate of drug-likeness (QED) is 0.503. The number of para-hydroxylation sites is 2. The summed E-state index contributed by atoms with van der Waals surface area (Å²) in [4.78, 5) is 30.1. The summed E-state index contributed by atoms with van der Waals surface area (Å²) in [7, 11) is 0. The normalized spacial score (nSPS) is 13.8.